The van der Waals surface area contributed by atoms with Crippen LogP contribution in [0, 0.1) is 0 Å². The highest BCUT2D eigenvalue weighted by Gasteiger charge is 2.11. The van der Waals surface area contributed by atoms with Crippen LogP contribution in [0.1, 0.15) is 17.9 Å². The van der Waals surface area contributed by atoms with Crippen LogP contribution in [0.3, 0.4) is 0 Å². The van der Waals surface area contributed by atoms with Gasteiger partial charge in [0.2, 0.25) is 0 Å². The molecule has 1 aromatic rings. The van der Waals surface area contributed by atoms with E-state index in [9.17, 15) is 0 Å². The lowest BCUT2D eigenvalue weighted by Crippen LogP contribution is -2.30. The van der Waals surface area contributed by atoms with Crippen molar-refractivity contribution in [1.29, 1.82) is 0 Å². The summed E-state index contributed by atoms with van der Waals surface area (Å²) in [6.45, 7) is 1.90. The van der Waals surface area contributed by atoms with Crippen molar-refractivity contribution >= 4 is 25.2 Å². The van der Waals surface area contributed by atoms with Crippen molar-refractivity contribution < 1.29 is 10.0 Å². The van der Waals surface area contributed by atoms with Crippen molar-refractivity contribution in [3.05, 3.63) is 24.0 Å². The summed E-state index contributed by atoms with van der Waals surface area (Å²) in [5, 5.41) is 17.6. The maximum Gasteiger partial charge on any atom is 0.490 e. The maximum atomic E-state index is 8.75. The molecule has 0 bridgehead atoms. The molecule has 2 N–H and O–H groups in total. The standard InChI is InChI=1S/C7H10BNO2S/c1-5(12)7-3-2-6(4-9-7)8(10)11/h2-5,10-12H,1H3. The van der Waals surface area contributed by atoms with E-state index in [-0.39, 0.29) is 5.25 Å². The zero-order valence-corrected chi connectivity index (χ0v) is 7.57. The molecule has 0 spiro atoms. The van der Waals surface area contributed by atoms with Gasteiger partial charge in [-0.25, -0.2) is 0 Å². The predicted octanol–water partition coefficient (Wildman–Crippen LogP) is -0.248. The van der Waals surface area contributed by atoms with Gasteiger partial charge in [-0.15, -0.1) is 0 Å². The molecular weight excluding hydrogens is 173 g/mol. The molecule has 1 heterocycles. The Hall–Kier alpha value is -0.515. The van der Waals surface area contributed by atoms with Crippen molar-refractivity contribution in [2.24, 2.45) is 0 Å². The zero-order valence-electron chi connectivity index (χ0n) is 6.68. The second-order valence-electron chi connectivity index (χ2n) is 2.57. The Kier molecular flexibility index (Phi) is 3.14. The van der Waals surface area contributed by atoms with Crippen LogP contribution < -0.4 is 5.46 Å². The van der Waals surface area contributed by atoms with Crippen molar-refractivity contribution in [1.82, 2.24) is 4.98 Å². The Morgan fingerprint density at radius 3 is 2.50 bits per heavy atom. The minimum atomic E-state index is -1.44. The minimum absolute atomic E-state index is 0.0647. The first-order chi connectivity index (χ1) is 5.61. The predicted molar refractivity (Wildman–Crippen MR) is 51.5 cm³/mol. The lowest BCUT2D eigenvalue weighted by atomic mass is 9.82. The van der Waals surface area contributed by atoms with Gasteiger partial charge in [-0.05, 0) is 13.0 Å². The lowest BCUT2D eigenvalue weighted by molar-refractivity contribution is 0.425. The van der Waals surface area contributed by atoms with E-state index in [2.05, 4.69) is 17.6 Å². The first kappa shape index (κ1) is 9.57. The van der Waals surface area contributed by atoms with E-state index in [4.69, 9.17) is 10.0 Å². The Morgan fingerprint density at radius 2 is 2.17 bits per heavy atom. The highest BCUT2D eigenvalue weighted by molar-refractivity contribution is 7.80. The van der Waals surface area contributed by atoms with Crippen LogP contribution in [0.15, 0.2) is 18.3 Å². The van der Waals surface area contributed by atoms with E-state index >= 15 is 0 Å². The van der Waals surface area contributed by atoms with Gasteiger partial charge in [-0.1, -0.05) is 6.07 Å². The van der Waals surface area contributed by atoms with Crippen molar-refractivity contribution in [2.45, 2.75) is 12.2 Å². The van der Waals surface area contributed by atoms with Crippen LogP contribution in [0.25, 0.3) is 0 Å². The fourth-order valence-corrected chi connectivity index (χ4v) is 0.969. The SMILES string of the molecule is CC(S)c1ccc(B(O)O)cn1. The van der Waals surface area contributed by atoms with Crippen molar-refractivity contribution in [2.75, 3.05) is 0 Å². The number of nitrogens with zero attached hydrogens (tertiary/aromatic N) is 1. The maximum absolute atomic E-state index is 8.75. The van der Waals surface area contributed by atoms with E-state index in [0.29, 0.717) is 5.46 Å². The molecule has 0 aliphatic rings. The van der Waals surface area contributed by atoms with Crippen LogP contribution >= 0.6 is 12.6 Å². The zero-order chi connectivity index (χ0) is 9.14. The molecule has 3 nitrogen and oxygen atoms in total. The van der Waals surface area contributed by atoms with E-state index in [1.807, 2.05) is 6.92 Å². The van der Waals surface area contributed by atoms with E-state index in [1.165, 1.54) is 6.20 Å². The van der Waals surface area contributed by atoms with Gasteiger partial charge < -0.3 is 10.0 Å². The fourth-order valence-electron chi connectivity index (χ4n) is 0.817. The number of aromatic nitrogens is 1. The van der Waals surface area contributed by atoms with Gasteiger partial charge in [-0.2, -0.15) is 12.6 Å². The molecule has 1 unspecified atom stereocenters. The molecule has 0 saturated heterocycles. The number of hydrogen-bond acceptors (Lipinski definition) is 4. The summed E-state index contributed by atoms with van der Waals surface area (Å²) in [7, 11) is -1.44. The van der Waals surface area contributed by atoms with Crippen LogP contribution in [-0.4, -0.2) is 22.2 Å². The molecule has 5 heteroatoms. The summed E-state index contributed by atoms with van der Waals surface area (Å²) in [4.78, 5) is 4.00. The molecular formula is C7H10BNO2S. The molecule has 1 aromatic heterocycles. The van der Waals surface area contributed by atoms with Gasteiger partial charge in [0, 0.05) is 16.9 Å². The number of thiol groups is 1. The average molecular weight is 183 g/mol. The fraction of sp³-hybridized carbons (Fsp3) is 0.286. The van der Waals surface area contributed by atoms with Crippen LogP contribution in [0.2, 0.25) is 0 Å². The highest BCUT2D eigenvalue weighted by atomic mass is 32.1. The van der Waals surface area contributed by atoms with Gasteiger partial charge in [-0.3, -0.25) is 4.98 Å². The summed E-state index contributed by atoms with van der Waals surface area (Å²) in [6.07, 6.45) is 1.44. The summed E-state index contributed by atoms with van der Waals surface area (Å²) < 4.78 is 0. The van der Waals surface area contributed by atoms with Crippen molar-refractivity contribution in [3.63, 3.8) is 0 Å². The quantitative estimate of drug-likeness (QED) is 0.437. The summed E-state index contributed by atoms with van der Waals surface area (Å²) >= 11 is 4.19. The molecule has 0 aliphatic carbocycles. The smallest absolute Gasteiger partial charge is 0.423 e. The van der Waals surface area contributed by atoms with Gasteiger partial charge in [0.1, 0.15) is 0 Å². The normalized spacial score (nSPS) is 12.7. The lowest BCUT2D eigenvalue weighted by Gasteiger charge is -2.03. The van der Waals surface area contributed by atoms with Crippen LogP contribution in [0.4, 0.5) is 0 Å². The van der Waals surface area contributed by atoms with Gasteiger partial charge in [0.25, 0.3) is 0 Å². The second-order valence-corrected chi connectivity index (χ2v) is 3.34. The summed E-state index contributed by atoms with van der Waals surface area (Å²) in [5.41, 5.74) is 1.22. The van der Waals surface area contributed by atoms with E-state index in [1.54, 1.807) is 12.1 Å². The summed E-state index contributed by atoms with van der Waals surface area (Å²) in [5.74, 6) is 0. The number of hydrogen-bond donors (Lipinski definition) is 3. The molecule has 1 rings (SSSR count). The number of rotatable bonds is 2. The van der Waals surface area contributed by atoms with Gasteiger partial charge >= 0.3 is 7.12 Å². The third-order valence-electron chi connectivity index (χ3n) is 1.54. The third-order valence-corrected chi connectivity index (χ3v) is 1.80. The second kappa shape index (κ2) is 3.93. The molecule has 0 saturated carbocycles. The first-order valence-corrected chi connectivity index (χ1v) is 4.13. The molecule has 0 aliphatic heterocycles. The Labute approximate surface area is 77.0 Å². The number of pyridine rings is 1. The molecule has 0 fully saturated rings. The molecule has 0 aromatic carbocycles. The van der Waals surface area contributed by atoms with Crippen molar-refractivity contribution in [3.8, 4) is 0 Å². The van der Waals surface area contributed by atoms with Gasteiger partial charge in [0.15, 0.2) is 0 Å². The summed E-state index contributed by atoms with van der Waals surface area (Å²) in [6, 6.07) is 3.35. The third kappa shape index (κ3) is 2.23. The Balaban J connectivity index is 2.86. The monoisotopic (exact) mass is 183 g/mol. The van der Waals surface area contributed by atoms with E-state index < -0.39 is 7.12 Å². The first-order valence-electron chi connectivity index (χ1n) is 3.61. The Bertz CT molecular complexity index is 223. The molecule has 0 radical (unpaired) electrons. The largest absolute Gasteiger partial charge is 0.490 e. The highest BCUT2D eigenvalue weighted by Crippen LogP contribution is 2.13. The molecule has 64 valence electrons. The topological polar surface area (TPSA) is 53.4 Å². The molecule has 0 amide bonds. The average Bonchev–Trinajstić information content (AvgIpc) is 2.04. The van der Waals surface area contributed by atoms with Crippen LogP contribution in [0.5, 0.6) is 0 Å². The van der Waals surface area contributed by atoms with E-state index in [0.717, 1.165) is 5.69 Å². The molecule has 12 heavy (non-hydrogen) atoms. The van der Waals surface area contributed by atoms with Gasteiger partial charge in [0.05, 0.1) is 5.69 Å². The molecule has 1 atom stereocenters. The Morgan fingerprint density at radius 1 is 1.50 bits per heavy atom. The minimum Gasteiger partial charge on any atom is -0.423 e. The van der Waals surface area contributed by atoms with Crippen LogP contribution in [-0.2, 0) is 0 Å².